The van der Waals surface area contributed by atoms with Crippen molar-refractivity contribution in [3.05, 3.63) is 45.8 Å². The van der Waals surface area contributed by atoms with Crippen LogP contribution in [0.25, 0.3) is 11.3 Å². The Kier molecular flexibility index (Phi) is 4.06. The second-order valence-electron chi connectivity index (χ2n) is 4.91. The SMILES string of the molecule is CC1CCC(c2nc(Cl)c(Br)c(-c3ccccc3)n2)O1. The summed E-state index contributed by atoms with van der Waals surface area (Å²) in [5.74, 6) is 0.668. The van der Waals surface area contributed by atoms with Crippen LogP contribution in [0.15, 0.2) is 34.8 Å². The van der Waals surface area contributed by atoms with E-state index in [1.54, 1.807) is 0 Å². The second kappa shape index (κ2) is 5.80. The van der Waals surface area contributed by atoms with E-state index in [-0.39, 0.29) is 12.2 Å². The van der Waals surface area contributed by atoms with Crippen molar-refractivity contribution < 1.29 is 4.74 Å². The Labute approximate surface area is 131 Å². The molecule has 0 saturated carbocycles. The van der Waals surface area contributed by atoms with Crippen LogP contribution in [-0.4, -0.2) is 16.1 Å². The Morgan fingerprint density at radius 1 is 1.20 bits per heavy atom. The van der Waals surface area contributed by atoms with Crippen molar-refractivity contribution >= 4 is 27.5 Å². The third kappa shape index (κ3) is 2.73. The van der Waals surface area contributed by atoms with Gasteiger partial charge >= 0.3 is 0 Å². The van der Waals surface area contributed by atoms with Crippen LogP contribution in [0.2, 0.25) is 5.15 Å². The summed E-state index contributed by atoms with van der Waals surface area (Å²) >= 11 is 9.70. The molecule has 0 bridgehead atoms. The fourth-order valence-corrected chi connectivity index (χ4v) is 2.94. The molecule has 5 heteroatoms. The van der Waals surface area contributed by atoms with E-state index in [2.05, 4.69) is 32.8 Å². The lowest BCUT2D eigenvalue weighted by atomic mass is 10.1. The maximum absolute atomic E-state index is 6.23. The summed E-state index contributed by atoms with van der Waals surface area (Å²) in [4.78, 5) is 9.01. The quantitative estimate of drug-likeness (QED) is 0.727. The highest BCUT2D eigenvalue weighted by Gasteiger charge is 2.27. The molecule has 1 fully saturated rings. The first-order chi connectivity index (χ1) is 9.65. The number of aromatic nitrogens is 2. The van der Waals surface area contributed by atoms with E-state index in [1.165, 1.54) is 0 Å². The van der Waals surface area contributed by atoms with Crippen LogP contribution in [0, 0.1) is 0 Å². The highest BCUT2D eigenvalue weighted by molar-refractivity contribution is 9.10. The van der Waals surface area contributed by atoms with Crippen LogP contribution < -0.4 is 0 Å². The Bertz CT molecular complexity index is 621. The average Bonchev–Trinajstić information content (AvgIpc) is 2.89. The third-order valence-corrected chi connectivity index (χ3v) is 4.65. The van der Waals surface area contributed by atoms with Crippen LogP contribution in [-0.2, 0) is 4.74 Å². The number of ether oxygens (including phenoxy) is 1. The van der Waals surface area contributed by atoms with Crippen molar-refractivity contribution in [2.45, 2.75) is 32.0 Å². The fraction of sp³-hybridized carbons (Fsp3) is 0.333. The van der Waals surface area contributed by atoms with Gasteiger partial charge < -0.3 is 4.74 Å². The monoisotopic (exact) mass is 352 g/mol. The molecule has 0 aliphatic carbocycles. The van der Waals surface area contributed by atoms with E-state index in [9.17, 15) is 0 Å². The minimum atomic E-state index is -0.0573. The molecule has 1 aromatic carbocycles. The molecular weight excluding hydrogens is 340 g/mol. The van der Waals surface area contributed by atoms with Crippen molar-refractivity contribution in [3.63, 3.8) is 0 Å². The molecule has 104 valence electrons. The van der Waals surface area contributed by atoms with Gasteiger partial charge in [-0.3, -0.25) is 0 Å². The maximum Gasteiger partial charge on any atom is 0.159 e. The number of hydrogen-bond acceptors (Lipinski definition) is 3. The summed E-state index contributed by atoms with van der Waals surface area (Å²) in [6.45, 7) is 2.07. The topological polar surface area (TPSA) is 35.0 Å². The number of halogens is 2. The summed E-state index contributed by atoms with van der Waals surface area (Å²) < 4.78 is 6.56. The Morgan fingerprint density at radius 2 is 1.95 bits per heavy atom. The van der Waals surface area contributed by atoms with Crippen molar-refractivity contribution in [2.75, 3.05) is 0 Å². The first-order valence-electron chi connectivity index (χ1n) is 6.59. The standard InChI is InChI=1S/C15H14BrClN2O/c1-9-7-8-11(20-9)15-18-13(12(16)14(17)19-15)10-5-3-2-4-6-10/h2-6,9,11H,7-8H2,1H3. The van der Waals surface area contributed by atoms with Gasteiger partial charge in [-0.2, -0.15) is 0 Å². The molecule has 1 aliphatic heterocycles. The third-order valence-electron chi connectivity index (χ3n) is 3.40. The molecule has 2 unspecified atom stereocenters. The number of rotatable bonds is 2. The lowest BCUT2D eigenvalue weighted by molar-refractivity contribution is 0.0503. The van der Waals surface area contributed by atoms with E-state index in [0.29, 0.717) is 11.0 Å². The smallest absolute Gasteiger partial charge is 0.159 e. The number of nitrogens with zero attached hydrogens (tertiary/aromatic N) is 2. The lowest BCUT2D eigenvalue weighted by Crippen LogP contribution is -2.07. The molecule has 0 N–H and O–H groups in total. The van der Waals surface area contributed by atoms with Crippen LogP contribution in [0.4, 0.5) is 0 Å². The van der Waals surface area contributed by atoms with Gasteiger partial charge in [0.15, 0.2) is 5.82 Å². The van der Waals surface area contributed by atoms with Gasteiger partial charge in [0.05, 0.1) is 16.3 Å². The van der Waals surface area contributed by atoms with Gasteiger partial charge in [0.25, 0.3) is 0 Å². The molecule has 3 rings (SSSR count). The van der Waals surface area contributed by atoms with Gasteiger partial charge in [0.2, 0.25) is 0 Å². The zero-order valence-electron chi connectivity index (χ0n) is 11.0. The summed E-state index contributed by atoms with van der Waals surface area (Å²) in [6, 6.07) is 9.94. The molecule has 0 amide bonds. The summed E-state index contributed by atoms with van der Waals surface area (Å²) in [5, 5.41) is 0.428. The van der Waals surface area contributed by atoms with Gasteiger partial charge in [-0.05, 0) is 35.7 Å². The first kappa shape index (κ1) is 14.0. The van der Waals surface area contributed by atoms with E-state index >= 15 is 0 Å². The highest BCUT2D eigenvalue weighted by atomic mass is 79.9. The average molecular weight is 354 g/mol. The first-order valence-corrected chi connectivity index (χ1v) is 7.76. The zero-order valence-corrected chi connectivity index (χ0v) is 13.4. The van der Waals surface area contributed by atoms with Crippen molar-refractivity contribution in [3.8, 4) is 11.3 Å². The molecule has 1 aliphatic rings. The molecule has 20 heavy (non-hydrogen) atoms. The molecule has 1 saturated heterocycles. The molecule has 0 radical (unpaired) electrons. The zero-order chi connectivity index (χ0) is 14.1. The number of hydrogen-bond donors (Lipinski definition) is 0. The summed E-state index contributed by atoms with van der Waals surface area (Å²) in [5.41, 5.74) is 1.82. The van der Waals surface area contributed by atoms with Gasteiger partial charge in [-0.25, -0.2) is 9.97 Å². The Hall–Kier alpha value is -0.970. The molecule has 1 aromatic heterocycles. The van der Waals surface area contributed by atoms with E-state index < -0.39 is 0 Å². The second-order valence-corrected chi connectivity index (χ2v) is 6.06. The molecule has 0 spiro atoms. The van der Waals surface area contributed by atoms with Crippen LogP contribution in [0.3, 0.4) is 0 Å². The van der Waals surface area contributed by atoms with Crippen molar-refractivity contribution in [2.24, 2.45) is 0 Å². The summed E-state index contributed by atoms with van der Waals surface area (Å²) in [6.07, 6.45) is 2.17. The van der Waals surface area contributed by atoms with Gasteiger partial charge in [0, 0.05) is 5.56 Å². The molecule has 2 aromatic rings. The van der Waals surface area contributed by atoms with Gasteiger partial charge in [-0.15, -0.1) is 0 Å². The van der Waals surface area contributed by atoms with E-state index in [0.717, 1.165) is 28.6 Å². The van der Waals surface area contributed by atoms with E-state index in [4.69, 9.17) is 16.3 Å². The van der Waals surface area contributed by atoms with Crippen molar-refractivity contribution in [1.29, 1.82) is 0 Å². The minimum absolute atomic E-state index is 0.0573. The molecular formula is C15H14BrClN2O. The van der Waals surface area contributed by atoms with E-state index in [1.807, 2.05) is 30.3 Å². The van der Waals surface area contributed by atoms with Crippen LogP contribution in [0.1, 0.15) is 31.7 Å². The lowest BCUT2D eigenvalue weighted by Gasteiger charge is -2.13. The summed E-state index contributed by atoms with van der Waals surface area (Å²) in [7, 11) is 0. The highest BCUT2D eigenvalue weighted by Crippen LogP contribution is 2.36. The molecule has 2 atom stereocenters. The normalized spacial score (nSPS) is 22.1. The number of benzene rings is 1. The minimum Gasteiger partial charge on any atom is -0.367 e. The van der Waals surface area contributed by atoms with Crippen LogP contribution in [0.5, 0.6) is 0 Å². The van der Waals surface area contributed by atoms with Gasteiger partial charge in [0.1, 0.15) is 11.3 Å². The Morgan fingerprint density at radius 3 is 2.60 bits per heavy atom. The Balaban J connectivity index is 2.04. The predicted octanol–water partition coefficient (Wildman–Crippen LogP) is 4.80. The predicted molar refractivity (Wildman–Crippen MR) is 82.7 cm³/mol. The molecule has 3 nitrogen and oxygen atoms in total. The van der Waals surface area contributed by atoms with Gasteiger partial charge in [-0.1, -0.05) is 41.9 Å². The largest absolute Gasteiger partial charge is 0.367 e. The van der Waals surface area contributed by atoms with Crippen molar-refractivity contribution in [1.82, 2.24) is 9.97 Å². The fourth-order valence-electron chi connectivity index (χ4n) is 2.36. The van der Waals surface area contributed by atoms with Crippen LogP contribution >= 0.6 is 27.5 Å². The maximum atomic E-state index is 6.23. The molecule has 2 heterocycles.